The molecule has 1 aromatic heterocycles. The van der Waals surface area contributed by atoms with E-state index in [4.69, 9.17) is 4.74 Å². The fourth-order valence-electron chi connectivity index (χ4n) is 4.52. The molecule has 5 aromatic carbocycles. The lowest BCUT2D eigenvalue weighted by Gasteiger charge is -2.10. The van der Waals surface area contributed by atoms with E-state index < -0.39 is 5.91 Å². The largest absolute Gasteiger partial charge is 0.489 e. The number of amides is 1. The lowest BCUT2D eigenvalue weighted by molar-refractivity contribution is 0.0949. The van der Waals surface area contributed by atoms with E-state index in [9.17, 15) is 4.79 Å². The van der Waals surface area contributed by atoms with Crippen LogP contribution in [0.4, 0.5) is 0 Å². The minimum absolute atomic E-state index is 0.269. The van der Waals surface area contributed by atoms with Crippen molar-refractivity contribution in [2.75, 3.05) is 0 Å². The highest BCUT2D eigenvalue weighted by molar-refractivity contribution is 9.10. The summed E-state index contributed by atoms with van der Waals surface area (Å²) in [5.41, 5.74) is 7.46. The second-order valence-corrected chi connectivity index (χ2v) is 10.3. The van der Waals surface area contributed by atoms with Gasteiger partial charge in [0.25, 0.3) is 5.91 Å². The molecule has 6 aromatic rings. The summed E-state index contributed by atoms with van der Waals surface area (Å²) in [6, 6.07) is 41.4. The first-order chi connectivity index (χ1) is 20.1. The van der Waals surface area contributed by atoms with Gasteiger partial charge < -0.3 is 4.74 Å². The first-order valence-electron chi connectivity index (χ1n) is 13.1. The van der Waals surface area contributed by atoms with E-state index in [0.29, 0.717) is 6.61 Å². The zero-order valence-corrected chi connectivity index (χ0v) is 23.5. The van der Waals surface area contributed by atoms with Crippen LogP contribution in [0.5, 0.6) is 5.75 Å². The average molecular weight is 602 g/mol. The van der Waals surface area contributed by atoms with Gasteiger partial charge in [-0.3, -0.25) is 4.79 Å². The van der Waals surface area contributed by atoms with Gasteiger partial charge in [0, 0.05) is 10.0 Å². The fourth-order valence-corrected chi connectivity index (χ4v) is 4.78. The zero-order chi connectivity index (χ0) is 28.0. The maximum absolute atomic E-state index is 13.1. The number of hydrogen-bond donors (Lipinski definition) is 1. The normalized spacial score (nSPS) is 11.1. The summed E-state index contributed by atoms with van der Waals surface area (Å²) in [6.45, 7) is 0.479. The molecule has 0 fully saturated rings. The summed E-state index contributed by atoms with van der Waals surface area (Å²) in [6.07, 6.45) is 1.59. The van der Waals surface area contributed by atoms with Gasteiger partial charge in [0.05, 0.1) is 17.6 Å². The molecule has 0 bridgehead atoms. The molecule has 0 aliphatic rings. The summed E-state index contributed by atoms with van der Waals surface area (Å²) < 4.78 is 8.69. The number of benzene rings is 5. The van der Waals surface area contributed by atoms with Crippen molar-refractivity contribution in [2.45, 2.75) is 6.61 Å². The molecule has 1 N–H and O–H groups in total. The second kappa shape index (κ2) is 12.0. The van der Waals surface area contributed by atoms with Crippen molar-refractivity contribution >= 4 is 38.8 Å². The Hall–Kier alpha value is -5.01. The molecule has 6 nitrogen and oxygen atoms in total. The van der Waals surface area contributed by atoms with Gasteiger partial charge in [0.1, 0.15) is 12.4 Å². The standard InChI is InChI=1S/C34H25BrN4O2/c35-27-17-13-25(14-18-27)23-41-29-19-15-24(16-20-29)22-36-37-34(40)32-21-33(39(38-32)28-9-2-1-3-10-28)31-12-6-8-26-7-4-5-11-30(26)31/h1-22H,23H2,(H,37,40)/b36-22-. The smallest absolute Gasteiger partial charge is 0.291 e. The Bertz CT molecular complexity index is 1820. The first kappa shape index (κ1) is 26.2. The van der Waals surface area contributed by atoms with Gasteiger partial charge in [0.2, 0.25) is 0 Å². The third-order valence-corrected chi connectivity index (χ3v) is 7.12. The first-order valence-corrected chi connectivity index (χ1v) is 13.9. The second-order valence-electron chi connectivity index (χ2n) is 9.37. The predicted molar refractivity (Wildman–Crippen MR) is 166 cm³/mol. The molecule has 41 heavy (non-hydrogen) atoms. The van der Waals surface area contributed by atoms with Crippen LogP contribution in [0, 0.1) is 0 Å². The summed E-state index contributed by atoms with van der Waals surface area (Å²) >= 11 is 3.44. The van der Waals surface area contributed by atoms with Crippen LogP contribution in [0.1, 0.15) is 21.6 Å². The number of nitrogens with one attached hydrogen (secondary N) is 1. The van der Waals surface area contributed by atoms with Crippen LogP contribution >= 0.6 is 15.9 Å². The zero-order valence-electron chi connectivity index (χ0n) is 21.9. The molecule has 6 rings (SSSR count). The van der Waals surface area contributed by atoms with E-state index in [-0.39, 0.29) is 5.69 Å². The van der Waals surface area contributed by atoms with Crippen LogP contribution in [0.2, 0.25) is 0 Å². The van der Waals surface area contributed by atoms with Crippen LogP contribution < -0.4 is 10.2 Å². The molecule has 1 amide bonds. The molecule has 200 valence electrons. The molecule has 1 heterocycles. The Balaban J connectivity index is 1.18. The number of ether oxygens (including phenoxy) is 1. The Labute approximate surface area is 246 Å². The fraction of sp³-hybridized carbons (Fsp3) is 0.0294. The molecule has 0 unspecified atom stereocenters. The highest BCUT2D eigenvalue weighted by atomic mass is 79.9. The number of hydrazone groups is 1. The van der Waals surface area contributed by atoms with Crippen LogP contribution in [0.15, 0.2) is 137 Å². The number of rotatable bonds is 8. The molecule has 0 aliphatic carbocycles. The number of fused-ring (bicyclic) bond motifs is 1. The number of hydrogen-bond acceptors (Lipinski definition) is 4. The number of para-hydroxylation sites is 1. The van der Waals surface area contributed by atoms with E-state index >= 15 is 0 Å². The monoisotopic (exact) mass is 600 g/mol. The van der Waals surface area contributed by atoms with Crippen LogP contribution in [-0.2, 0) is 6.61 Å². The van der Waals surface area contributed by atoms with Gasteiger partial charge in [-0.25, -0.2) is 10.1 Å². The Kier molecular flexibility index (Phi) is 7.69. The summed E-state index contributed by atoms with van der Waals surface area (Å²) in [5.74, 6) is 0.355. The summed E-state index contributed by atoms with van der Waals surface area (Å²) in [7, 11) is 0. The van der Waals surface area contributed by atoms with Gasteiger partial charge in [-0.05, 0) is 76.5 Å². The van der Waals surface area contributed by atoms with Gasteiger partial charge >= 0.3 is 0 Å². The third kappa shape index (κ3) is 6.10. The van der Waals surface area contributed by atoms with Crippen molar-refractivity contribution in [3.63, 3.8) is 0 Å². The molecule has 0 spiro atoms. The van der Waals surface area contributed by atoms with Crippen molar-refractivity contribution in [3.8, 4) is 22.7 Å². The maximum Gasteiger partial charge on any atom is 0.291 e. The van der Waals surface area contributed by atoms with Crippen molar-refractivity contribution in [3.05, 3.63) is 149 Å². The molecule has 0 saturated carbocycles. The Morgan fingerprint density at radius 1 is 0.854 bits per heavy atom. The molecular formula is C34H25BrN4O2. The van der Waals surface area contributed by atoms with E-state index in [1.165, 1.54) is 0 Å². The van der Waals surface area contributed by atoms with Gasteiger partial charge in [-0.1, -0.05) is 88.7 Å². The van der Waals surface area contributed by atoms with E-state index in [2.05, 4.69) is 49.8 Å². The van der Waals surface area contributed by atoms with Crippen molar-refractivity contribution in [1.29, 1.82) is 0 Å². The highest BCUT2D eigenvalue weighted by Crippen LogP contribution is 2.31. The van der Waals surface area contributed by atoms with E-state index in [1.54, 1.807) is 17.0 Å². The Morgan fingerprint density at radius 3 is 2.39 bits per heavy atom. The minimum Gasteiger partial charge on any atom is -0.489 e. The van der Waals surface area contributed by atoms with Gasteiger partial charge in [-0.15, -0.1) is 0 Å². The van der Waals surface area contributed by atoms with E-state index in [0.717, 1.165) is 49.1 Å². The quantitative estimate of drug-likeness (QED) is 0.143. The van der Waals surface area contributed by atoms with Crippen LogP contribution in [0.3, 0.4) is 0 Å². The van der Waals surface area contributed by atoms with Crippen LogP contribution in [0.25, 0.3) is 27.7 Å². The molecule has 0 radical (unpaired) electrons. The highest BCUT2D eigenvalue weighted by Gasteiger charge is 2.18. The summed E-state index contributed by atoms with van der Waals surface area (Å²) in [4.78, 5) is 13.1. The van der Waals surface area contributed by atoms with Crippen LogP contribution in [-0.4, -0.2) is 21.9 Å². The summed E-state index contributed by atoms with van der Waals surface area (Å²) in [5, 5.41) is 11.0. The lowest BCUT2D eigenvalue weighted by atomic mass is 10.0. The number of carbonyl (C=O) groups is 1. The van der Waals surface area contributed by atoms with Gasteiger partial charge in [-0.2, -0.15) is 10.2 Å². The predicted octanol–water partition coefficient (Wildman–Crippen LogP) is 7.80. The van der Waals surface area contributed by atoms with Crippen molar-refractivity contribution in [1.82, 2.24) is 15.2 Å². The minimum atomic E-state index is -0.396. The van der Waals surface area contributed by atoms with Crippen molar-refractivity contribution in [2.24, 2.45) is 5.10 Å². The molecule has 0 saturated heterocycles. The topological polar surface area (TPSA) is 68.5 Å². The maximum atomic E-state index is 13.1. The molecule has 0 atom stereocenters. The molecule has 0 aliphatic heterocycles. The number of halogens is 1. The third-order valence-electron chi connectivity index (χ3n) is 6.59. The average Bonchev–Trinajstić information content (AvgIpc) is 3.47. The Morgan fingerprint density at radius 2 is 1.59 bits per heavy atom. The number of aromatic nitrogens is 2. The van der Waals surface area contributed by atoms with E-state index in [1.807, 2.05) is 103 Å². The number of carbonyl (C=O) groups excluding carboxylic acids is 1. The molecule has 7 heteroatoms. The molecular weight excluding hydrogens is 576 g/mol. The van der Waals surface area contributed by atoms with Crippen molar-refractivity contribution < 1.29 is 9.53 Å². The van der Waals surface area contributed by atoms with Gasteiger partial charge in [0.15, 0.2) is 5.69 Å². The number of nitrogens with zero attached hydrogens (tertiary/aromatic N) is 3. The SMILES string of the molecule is O=C(N/N=C\c1ccc(OCc2ccc(Br)cc2)cc1)c1cc(-c2cccc3ccccc23)n(-c2ccccc2)n1. The lowest BCUT2D eigenvalue weighted by Crippen LogP contribution is -2.18.